The number of pyridine rings is 1. The Morgan fingerprint density at radius 1 is 1.73 bits per heavy atom. The van der Waals surface area contributed by atoms with Crippen LogP contribution in [-0.2, 0) is 0 Å². The highest BCUT2D eigenvalue weighted by Gasteiger charge is 1.98. The molecule has 0 spiro atoms. The van der Waals surface area contributed by atoms with Crippen LogP contribution < -0.4 is 10.5 Å². The molecule has 0 unspecified atom stereocenters. The van der Waals surface area contributed by atoms with E-state index in [1.807, 2.05) is 19.1 Å². The molecule has 0 radical (unpaired) electrons. The number of aromatic nitrogens is 1. The summed E-state index contributed by atoms with van der Waals surface area (Å²) >= 11 is 0. The molecular formula is C8H12N2O. The molecule has 0 aliphatic rings. The van der Waals surface area contributed by atoms with Gasteiger partial charge >= 0.3 is 0 Å². The molecule has 2 N–H and O–H groups in total. The molecular weight excluding hydrogens is 140 g/mol. The summed E-state index contributed by atoms with van der Waals surface area (Å²) < 4.78 is 5.38. The second-order valence-corrected chi connectivity index (χ2v) is 2.35. The van der Waals surface area contributed by atoms with Gasteiger partial charge in [0.1, 0.15) is 11.9 Å². The highest BCUT2D eigenvalue weighted by atomic mass is 16.5. The number of nitrogens with two attached hydrogens (primary N) is 1. The summed E-state index contributed by atoms with van der Waals surface area (Å²) in [7, 11) is 0. The monoisotopic (exact) mass is 152 g/mol. The van der Waals surface area contributed by atoms with Crippen molar-refractivity contribution in [1.82, 2.24) is 4.98 Å². The molecule has 0 fully saturated rings. The first-order valence-electron chi connectivity index (χ1n) is 3.59. The zero-order valence-electron chi connectivity index (χ0n) is 6.53. The van der Waals surface area contributed by atoms with Crippen molar-refractivity contribution >= 4 is 0 Å². The second-order valence-electron chi connectivity index (χ2n) is 2.35. The average molecular weight is 152 g/mol. The van der Waals surface area contributed by atoms with E-state index in [1.165, 1.54) is 0 Å². The third kappa shape index (κ3) is 2.55. The molecule has 1 rings (SSSR count). The lowest BCUT2D eigenvalue weighted by Gasteiger charge is -2.10. The maximum Gasteiger partial charge on any atom is 0.138 e. The number of hydrogen-bond acceptors (Lipinski definition) is 3. The van der Waals surface area contributed by atoms with Gasteiger partial charge in [-0.05, 0) is 19.1 Å². The summed E-state index contributed by atoms with van der Waals surface area (Å²) in [5.41, 5.74) is 5.37. The van der Waals surface area contributed by atoms with E-state index in [-0.39, 0.29) is 6.10 Å². The summed E-state index contributed by atoms with van der Waals surface area (Å²) in [6.45, 7) is 2.45. The highest BCUT2D eigenvalue weighted by molar-refractivity contribution is 5.15. The third-order valence-corrected chi connectivity index (χ3v) is 1.30. The fourth-order valence-corrected chi connectivity index (χ4v) is 0.697. The van der Waals surface area contributed by atoms with Gasteiger partial charge in [-0.2, -0.15) is 0 Å². The van der Waals surface area contributed by atoms with Crippen molar-refractivity contribution in [3.8, 4) is 5.75 Å². The van der Waals surface area contributed by atoms with Crippen LogP contribution in [-0.4, -0.2) is 17.6 Å². The van der Waals surface area contributed by atoms with Crippen LogP contribution in [0.5, 0.6) is 5.75 Å². The fourth-order valence-electron chi connectivity index (χ4n) is 0.697. The van der Waals surface area contributed by atoms with Crippen LogP contribution in [0.15, 0.2) is 24.5 Å². The standard InChI is InChI=1S/C8H12N2O/c1-7(5-9)11-8-3-2-4-10-6-8/h2-4,6-7H,5,9H2,1H3/t7-/m0/s1. The first kappa shape index (κ1) is 8.01. The van der Waals surface area contributed by atoms with E-state index in [0.717, 1.165) is 5.75 Å². The zero-order chi connectivity index (χ0) is 8.10. The Morgan fingerprint density at radius 2 is 2.55 bits per heavy atom. The minimum absolute atomic E-state index is 0.0548. The minimum atomic E-state index is 0.0548. The van der Waals surface area contributed by atoms with Crippen molar-refractivity contribution in [2.45, 2.75) is 13.0 Å². The number of hydrogen-bond donors (Lipinski definition) is 1. The van der Waals surface area contributed by atoms with Gasteiger partial charge in [0.25, 0.3) is 0 Å². The molecule has 0 amide bonds. The van der Waals surface area contributed by atoms with Crippen molar-refractivity contribution in [3.63, 3.8) is 0 Å². The molecule has 3 nitrogen and oxygen atoms in total. The van der Waals surface area contributed by atoms with Crippen molar-refractivity contribution in [1.29, 1.82) is 0 Å². The summed E-state index contributed by atoms with van der Waals surface area (Å²) in [4.78, 5) is 3.91. The van der Waals surface area contributed by atoms with Crippen molar-refractivity contribution in [2.24, 2.45) is 5.73 Å². The van der Waals surface area contributed by atoms with E-state index in [2.05, 4.69) is 4.98 Å². The quantitative estimate of drug-likeness (QED) is 0.697. The molecule has 1 aromatic rings. The molecule has 0 aliphatic carbocycles. The lowest BCUT2D eigenvalue weighted by atomic mass is 10.4. The molecule has 0 bridgehead atoms. The van der Waals surface area contributed by atoms with E-state index >= 15 is 0 Å². The Kier molecular flexibility index (Phi) is 2.86. The van der Waals surface area contributed by atoms with E-state index in [1.54, 1.807) is 12.4 Å². The van der Waals surface area contributed by atoms with Gasteiger partial charge in [0.2, 0.25) is 0 Å². The summed E-state index contributed by atoms with van der Waals surface area (Å²) in [6, 6.07) is 3.69. The van der Waals surface area contributed by atoms with Gasteiger partial charge in [-0.1, -0.05) is 0 Å². The molecule has 0 saturated heterocycles. The fraction of sp³-hybridized carbons (Fsp3) is 0.375. The lowest BCUT2D eigenvalue weighted by Crippen LogP contribution is -2.22. The molecule has 1 atom stereocenters. The van der Waals surface area contributed by atoms with Gasteiger partial charge in [-0.3, -0.25) is 4.98 Å². The molecule has 11 heavy (non-hydrogen) atoms. The van der Waals surface area contributed by atoms with Crippen LogP contribution in [0.2, 0.25) is 0 Å². The van der Waals surface area contributed by atoms with Gasteiger partial charge < -0.3 is 10.5 Å². The van der Waals surface area contributed by atoms with Gasteiger partial charge in [0.15, 0.2) is 0 Å². The first-order chi connectivity index (χ1) is 5.33. The molecule has 0 saturated carbocycles. The Labute approximate surface area is 66.2 Å². The number of rotatable bonds is 3. The average Bonchev–Trinajstić information content (AvgIpc) is 2.06. The van der Waals surface area contributed by atoms with Crippen LogP contribution in [0.3, 0.4) is 0 Å². The summed E-state index contributed by atoms with van der Waals surface area (Å²) in [6.07, 6.45) is 3.44. The van der Waals surface area contributed by atoms with E-state index in [9.17, 15) is 0 Å². The van der Waals surface area contributed by atoms with Crippen molar-refractivity contribution < 1.29 is 4.74 Å². The molecule has 0 aliphatic heterocycles. The number of ether oxygens (including phenoxy) is 1. The summed E-state index contributed by atoms with van der Waals surface area (Å²) in [5, 5.41) is 0. The highest BCUT2D eigenvalue weighted by Crippen LogP contribution is 2.07. The molecule has 0 aromatic carbocycles. The van der Waals surface area contributed by atoms with Gasteiger partial charge in [0, 0.05) is 12.7 Å². The first-order valence-corrected chi connectivity index (χ1v) is 3.59. The predicted octanol–water partition coefficient (Wildman–Crippen LogP) is 0.808. The molecule has 60 valence electrons. The Balaban J connectivity index is 2.51. The van der Waals surface area contributed by atoms with E-state index in [4.69, 9.17) is 10.5 Å². The lowest BCUT2D eigenvalue weighted by molar-refractivity contribution is 0.229. The van der Waals surface area contributed by atoms with Crippen LogP contribution in [0.25, 0.3) is 0 Å². The Bertz CT molecular complexity index is 201. The van der Waals surface area contributed by atoms with Crippen molar-refractivity contribution in [3.05, 3.63) is 24.5 Å². The predicted molar refractivity (Wildman–Crippen MR) is 43.4 cm³/mol. The van der Waals surface area contributed by atoms with Crippen molar-refractivity contribution in [2.75, 3.05) is 6.54 Å². The minimum Gasteiger partial charge on any atom is -0.488 e. The molecule has 1 heterocycles. The Morgan fingerprint density at radius 3 is 3.09 bits per heavy atom. The second kappa shape index (κ2) is 3.93. The van der Waals surface area contributed by atoms with Gasteiger partial charge in [-0.15, -0.1) is 0 Å². The van der Waals surface area contributed by atoms with Crippen LogP contribution in [0.1, 0.15) is 6.92 Å². The zero-order valence-corrected chi connectivity index (χ0v) is 6.53. The van der Waals surface area contributed by atoms with E-state index < -0.39 is 0 Å². The maximum absolute atomic E-state index is 5.38. The van der Waals surface area contributed by atoms with Gasteiger partial charge in [-0.25, -0.2) is 0 Å². The topological polar surface area (TPSA) is 48.1 Å². The van der Waals surface area contributed by atoms with Crippen LogP contribution >= 0.6 is 0 Å². The van der Waals surface area contributed by atoms with E-state index in [0.29, 0.717) is 6.54 Å². The smallest absolute Gasteiger partial charge is 0.138 e. The van der Waals surface area contributed by atoms with Crippen LogP contribution in [0, 0.1) is 0 Å². The number of nitrogens with zero attached hydrogens (tertiary/aromatic N) is 1. The SMILES string of the molecule is C[C@@H](CN)Oc1cccnc1. The largest absolute Gasteiger partial charge is 0.488 e. The normalized spacial score (nSPS) is 12.5. The van der Waals surface area contributed by atoms with Crippen LogP contribution in [0.4, 0.5) is 0 Å². The maximum atomic E-state index is 5.38. The molecule has 1 aromatic heterocycles. The molecule has 3 heteroatoms. The summed E-state index contributed by atoms with van der Waals surface area (Å²) in [5.74, 6) is 0.769. The Hall–Kier alpha value is -1.09. The third-order valence-electron chi connectivity index (χ3n) is 1.30. The van der Waals surface area contributed by atoms with Gasteiger partial charge in [0.05, 0.1) is 6.20 Å².